The average molecular weight is 284 g/mol. The van der Waals surface area contributed by atoms with E-state index >= 15 is 0 Å². The SMILES string of the molecule is CC(=O)SC12CCC(C1)C1CCCC12SC(C)=O. The van der Waals surface area contributed by atoms with E-state index in [-0.39, 0.29) is 19.7 Å². The molecule has 0 aromatic carbocycles. The molecule has 0 spiro atoms. The van der Waals surface area contributed by atoms with Crippen LogP contribution in [0.2, 0.25) is 0 Å². The Bertz CT molecular complexity index is 409. The maximum Gasteiger partial charge on any atom is 0.186 e. The summed E-state index contributed by atoms with van der Waals surface area (Å²) in [5, 5.41) is 0.463. The van der Waals surface area contributed by atoms with Crippen LogP contribution in [0, 0.1) is 11.8 Å². The van der Waals surface area contributed by atoms with E-state index in [0.29, 0.717) is 5.92 Å². The Morgan fingerprint density at radius 2 is 1.78 bits per heavy atom. The molecule has 0 heterocycles. The molecule has 3 aliphatic carbocycles. The van der Waals surface area contributed by atoms with Gasteiger partial charge in [-0.05, 0) is 43.9 Å². The second-order valence-electron chi connectivity index (χ2n) is 6.07. The van der Waals surface area contributed by atoms with Crippen molar-refractivity contribution in [1.82, 2.24) is 0 Å². The molecule has 2 bridgehead atoms. The highest BCUT2D eigenvalue weighted by atomic mass is 32.2. The lowest BCUT2D eigenvalue weighted by molar-refractivity contribution is -0.110. The quantitative estimate of drug-likeness (QED) is 0.775. The Hall–Kier alpha value is 0.0400. The molecule has 3 aliphatic rings. The lowest BCUT2D eigenvalue weighted by Gasteiger charge is -2.46. The molecule has 0 saturated heterocycles. The zero-order valence-electron chi connectivity index (χ0n) is 11.0. The van der Waals surface area contributed by atoms with Crippen molar-refractivity contribution in [1.29, 1.82) is 0 Å². The number of carbonyl (C=O) groups excluding carboxylic acids is 2. The number of rotatable bonds is 2. The van der Waals surface area contributed by atoms with Crippen molar-refractivity contribution >= 4 is 33.8 Å². The molecule has 0 radical (unpaired) electrons. The lowest BCUT2D eigenvalue weighted by Crippen LogP contribution is -2.48. The molecule has 4 unspecified atom stereocenters. The van der Waals surface area contributed by atoms with Crippen molar-refractivity contribution in [2.75, 3.05) is 0 Å². The first-order chi connectivity index (χ1) is 8.49. The van der Waals surface area contributed by atoms with Crippen molar-refractivity contribution in [3.05, 3.63) is 0 Å². The monoisotopic (exact) mass is 284 g/mol. The fourth-order valence-corrected chi connectivity index (χ4v) is 8.23. The molecule has 4 heteroatoms. The third kappa shape index (κ3) is 1.64. The summed E-state index contributed by atoms with van der Waals surface area (Å²) in [6.07, 6.45) is 7.22. The minimum absolute atomic E-state index is 0.0704. The van der Waals surface area contributed by atoms with Crippen LogP contribution < -0.4 is 0 Å². The molecule has 3 saturated carbocycles. The second kappa shape index (κ2) is 4.27. The van der Waals surface area contributed by atoms with E-state index in [1.165, 1.54) is 25.7 Å². The van der Waals surface area contributed by atoms with Gasteiger partial charge in [-0.15, -0.1) is 0 Å². The van der Waals surface area contributed by atoms with Crippen LogP contribution in [-0.4, -0.2) is 19.7 Å². The zero-order chi connectivity index (χ0) is 13.0. The standard InChI is InChI=1S/C14H20O2S2/c1-9(15)17-13-7-5-11(8-13)12-4-3-6-14(12,13)18-10(2)16/h11-12H,3-8H2,1-2H3. The average Bonchev–Trinajstić information content (AvgIpc) is 2.85. The molecule has 100 valence electrons. The van der Waals surface area contributed by atoms with Crippen molar-refractivity contribution in [2.24, 2.45) is 11.8 Å². The van der Waals surface area contributed by atoms with E-state index in [4.69, 9.17) is 0 Å². The molecular weight excluding hydrogens is 264 g/mol. The molecular formula is C14H20O2S2. The van der Waals surface area contributed by atoms with Gasteiger partial charge < -0.3 is 0 Å². The van der Waals surface area contributed by atoms with Crippen LogP contribution in [0.15, 0.2) is 0 Å². The van der Waals surface area contributed by atoms with E-state index in [2.05, 4.69) is 0 Å². The molecule has 2 nitrogen and oxygen atoms in total. The molecule has 0 amide bonds. The molecule has 0 N–H and O–H groups in total. The smallest absolute Gasteiger partial charge is 0.186 e. The fraction of sp³-hybridized carbons (Fsp3) is 0.857. The third-order valence-electron chi connectivity index (χ3n) is 5.18. The first-order valence-electron chi connectivity index (χ1n) is 6.88. The first kappa shape index (κ1) is 13.0. The summed E-state index contributed by atoms with van der Waals surface area (Å²) in [6.45, 7) is 3.37. The van der Waals surface area contributed by atoms with Crippen LogP contribution in [0.4, 0.5) is 0 Å². The van der Waals surface area contributed by atoms with Crippen LogP contribution >= 0.6 is 23.5 Å². The van der Waals surface area contributed by atoms with Crippen molar-refractivity contribution in [2.45, 2.75) is 61.9 Å². The Balaban J connectivity index is 2.00. The highest BCUT2D eigenvalue weighted by molar-refractivity contribution is 8.18. The van der Waals surface area contributed by atoms with Crippen LogP contribution in [0.3, 0.4) is 0 Å². The summed E-state index contributed by atoms with van der Waals surface area (Å²) in [7, 11) is 0. The highest BCUT2D eigenvalue weighted by Crippen LogP contribution is 2.72. The van der Waals surface area contributed by atoms with Gasteiger partial charge in [0.2, 0.25) is 0 Å². The minimum Gasteiger partial charge on any atom is -0.288 e. The Morgan fingerprint density at radius 3 is 2.44 bits per heavy atom. The maximum absolute atomic E-state index is 11.7. The summed E-state index contributed by atoms with van der Waals surface area (Å²) in [5.41, 5.74) is 0. The van der Waals surface area contributed by atoms with Gasteiger partial charge in [-0.2, -0.15) is 0 Å². The van der Waals surface area contributed by atoms with Gasteiger partial charge in [0.05, 0.1) is 0 Å². The Labute approximate surface area is 117 Å². The van der Waals surface area contributed by atoms with E-state index in [0.717, 1.165) is 18.8 Å². The van der Waals surface area contributed by atoms with E-state index in [1.54, 1.807) is 37.4 Å². The summed E-state index contributed by atoms with van der Waals surface area (Å²) < 4.78 is 0.152. The van der Waals surface area contributed by atoms with Gasteiger partial charge in [-0.3, -0.25) is 9.59 Å². The van der Waals surface area contributed by atoms with E-state index < -0.39 is 0 Å². The molecule has 0 aromatic rings. The van der Waals surface area contributed by atoms with Crippen molar-refractivity contribution in [3.63, 3.8) is 0 Å². The number of thioether (sulfide) groups is 2. The van der Waals surface area contributed by atoms with Gasteiger partial charge >= 0.3 is 0 Å². The van der Waals surface area contributed by atoms with Gasteiger partial charge in [-0.25, -0.2) is 0 Å². The largest absolute Gasteiger partial charge is 0.288 e. The van der Waals surface area contributed by atoms with Gasteiger partial charge in [0.25, 0.3) is 0 Å². The van der Waals surface area contributed by atoms with Crippen molar-refractivity contribution in [3.8, 4) is 0 Å². The zero-order valence-corrected chi connectivity index (χ0v) is 12.7. The summed E-state index contributed by atoms with van der Waals surface area (Å²) in [4.78, 5) is 23.4. The van der Waals surface area contributed by atoms with Crippen LogP contribution in [0.25, 0.3) is 0 Å². The lowest BCUT2D eigenvalue weighted by atomic mass is 9.80. The highest BCUT2D eigenvalue weighted by Gasteiger charge is 2.69. The van der Waals surface area contributed by atoms with E-state index in [1.807, 2.05) is 0 Å². The van der Waals surface area contributed by atoms with E-state index in [9.17, 15) is 9.59 Å². The molecule has 3 rings (SSSR count). The molecule has 3 fully saturated rings. The van der Waals surface area contributed by atoms with Crippen LogP contribution in [0.1, 0.15) is 52.4 Å². The van der Waals surface area contributed by atoms with Gasteiger partial charge in [0.15, 0.2) is 10.2 Å². The van der Waals surface area contributed by atoms with Crippen LogP contribution in [-0.2, 0) is 9.59 Å². The topological polar surface area (TPSA) is 34.1 Å². The number of hydrogen-bond acceptors (Lipinski definition) is 4. The number of carbonyl (C=O) groups is 2. The molecule has 4 atom stereocenters. The third-order valence-corrected chi connectivity index (χ3v) is 8.27. The van der Waals surface area contributed by atoms with Crippen LogP contribution in [0.5, 0.6) is 0 Å². The minimum atomic E-state index is 0.0704. The van der Waals surface area contributed by atoms with Gasteiger partial charge in [0, 0.05) is 23.3 Å². The number of hydrogen-bond donors (Lipinski definition) is 0. The van der Waals surface area contributed by atoms with Gasteiger partial charge in [0.1, 0.15) is 0 Å². The molecule has 18 heavy (non-hydrogen) atoms. The maximum atomic E-state index is 11.7. The summed E-state index contributed by atoms with van der Waals surface area (Å²) >= 11 is 3.13. The first-order valence-corrected chi connectivity index (χ1v) is 8.52. The second-order valence-corrected chi connectivity index (χ2v) is 9.14. The predicted molar refractivity (Wildman–Crippen MR) is 76.7 cm³/mol. The normalized spacial score (nSPS) is 45.2. The molecule has 0 aliphatic heterocycles. The molecule has 0 aromatic heterocycles. The Kier molecular flexibility index (Phi) is 3.09. The van der Waals surface area contributed by atoms with Gasteiger partial charge in [-0.1, -0.05) is 29.9 Å². The van der Waals surface area contributed by atoms with Crippen molar-refractivity contribution < 1.29 is 9.59 Å². The summed E-state index contributed by atoms with van der Waals surface area (Å²) in [6, 6.07) is 0. The predicted octanol–water partition coefficient (Wildman–Crippen LogP) is 3.64. The fourth-order valence-electron chi connectivity index (χ4n) is 4.89. The summed E-state index contributed by atoms with van der Waals surface area (Å²) in [5.74, 6) is 1.46. The number of fused-ring (bicyclic) bond motifs is 5. The Morgan fingerprint density at radius 1 is 1.06 bits per heavy atom.